The molecule has 1 N–H and O–H groups in total. The highest BCUT2D eigenvalue weighted by molar-refractivity contribution is 5.44. The van der Waals surface area contributed by atoms with Crippen molar-refractivity contribution in [1.29, 1.82) is 0 Å². The van der Waals surface area contributed by atoms with E-state index >= 15 is 0 Å². The van der Waals surface area contributed by atoms with Crippen molar-refractivity contribution in [3.63, 3.8) is 0 Å². The number of hydrogen-bond donors (Lipinski definition) is 1. The first-order chi connectivity index (χ1) is 13.3. The second-order valence-electron chi connectivity index (χ2n) is 6.10. The van der Waals surface area contributed by atoms with Crippen LogP contribution in [0.5, 0.6) is 23.0 Å². The largest absolute Gasteiger partial charge is 0.497 e. The first-order valence-electron chi connectivity index (χ1n) is 8.59. The van der Waals surface area contributed by atoms with E-state index in [2.05, 4.69) is 5.32 Å². The lowest BCUT2D eigenvalue weighted by molar-refractivity contribution is -0.153. The Morgan fingerprint density at radius 2 is 1.57 bits per heavy atom. The van der Waals surface area contributed by atoms with Gasteiger partial charge in [-0.3, -0.25) is 0 Å². The molecule has 8 heteroatoms. The normalized spacial score (nSPS) is 12.4. The van der Waals surface area contributed by atoms with Crippen molar-refractivity contribution >= 4 is 0 Å². The Balaban J connectivity index is 2.08. The lowest BCUT2D eigenvalue weighted by atomic mass is 10.1. The number of rotatable bonds is 9. The number of methoxy groups -OCH3 is 3. The molecule has 0 radical (unpaired) electrons. The molecule has 0 amide bonds. The van der Waals surface area contributed by atoms with E-state index in [1.807, 2.05) is 25.1 Å². The van der Waals surface area contributed by atoms with Crippen LogP contribution in [0.25, 0.3) is 0 Å². The minimum atomic E-state index is -4.41. The molecule has 0 aromatic heterocycles. The van der Waals surface area contributed by atoms with E-state index in [1.54, 1.807) is 26.4 Å². The first-order valence-corrected chi connectivity index (χ1v) is 8.59. The Morgan fingerprint density at radius 3 is 2.18 bits per heavy atom. The van der Waals surface area contributed by atoms with Gasteiger partial charge in [0.25, 0.3) is 0 Å². The third kappa shape index (κ3) is 5.95. The Kier molecular flexibility index (Phi) is 7.39. The van der Waals surface area contributed by atoms with Gasteiger partial charge in [-0.05, 0) is 42.8 Å². The van der Waals surface area contributed by atoms with Crippen LogP contribution >= 0.6 is 0 Å². The summed E-state index contributed by atoms with van der Waals surface area (Å²) < 4.78 is 57.7. The van der Waals surface area contributed by atoms with Crippen molar-refractivity contribution in [2.45, 2.75) is 25.7 Å². The van der Waals surface area contributed by atoms with Gasteiger partial charge in [-0.25, -0.2) is 0 Å². The molecular formula is C20H24F3NO4. The van der Waals surface area contributed by atoms with Gasteiger partial charge in [0, 0.05) is 18.2 Å². The Bertz CT molecular complexity index is 781. The monoisotopic (exact) mass is 399 g/mol. The molecule has 0 saturated heterocycles. The van der Waals surface area contributed by atoms with Gasteiger partial charge in [-0.2, -0.15) is 13.2 Å². The van der Waals surface area contributed by atoms with Gasteiger partial charge in [0.1, 0.15) is 11.5 Å². The van der Waals surface area contributed by atoms with Gasteiger partial charge in [0.2, 0.25) is 0 Å². The van der Waals surface area contributed by atoms with Crippen molar-refractivity contribution in [1.82, 2.24) is 5.32 Å². The number of nitrogens with one attached hydrogen (secondary N) is 1. The summed E-state index contributed by atoms with van der Waals surface area (Å²) in [5, 5.41) is 3.36. The van der Waals surface area contributed by atoms with Crippen molar-refractivity contribution in [3.05, 3.63) is 47.5 Å². The maximum absolute atomic E-state index is 12.3. The summed E-state index contributed by atoms with van der Waals surface area (Å²) in [4.78, 5) is 0. The van der Waals surface area contributed by atoms with Crippen molar-refractivity contribution in [2.24, 2.45) is 0 Å². The van der Waals surface area contributed by atoms with E-state index in [4.69, 9.17) is 18.9 Å². The average molecular weight is 399 g/mol. The van der Waals surface area contributed by atoms with Gasteiger partial charge in [0.05, 0.1) is 21.3 Å². The molecule has 1 atom stereocenters. The third-order valence-electron chi connectivity index (χ3n) is 4.14. The smallest absolute Gasteiger partial charge is 0.422 e. The molecule has 28 heavy (non-hydrogen) atoms. The maximum Gasteiger partial charge on any atom is 0.422 e. The van der Waals surface area contributed by atoms with E-state index in [1.165, 1.54) is 13.2 Å². The van der Waals surface area contributed by atoms with Crippen LogP contribution in [0.2, 0.25) is 0 Å². The van der Waals surface area contributed by atoms with Gasteiger partial charge >= 0.3 is 6.18 Å². The van der Waals surface area contributed by atoms with E-state index in [0.717, 1.165) is 22.6 Å². The molecule has 2 aromatic rings. The zero-order chi connectivity index (χ0) is 20.7. The number of hydrogen-bond acceptors (Lipinski definition) is 5. The van der Waals surface area contributed by atoms with Crippen LogP contribution < -0.4 is 24.3 Å². The maximum atomic E-state index is 12.3. The van der Waals surface area contributed by atoms with E-state index in [9.17, 15) is 13.2 Å². The third-order valence-corrected chi connectivity index (χ3v) is 4.14. The van der Waals surface area contributed by atoms with E-state index in [-0.39, 0.29) is 17.5 Å². The van der Waals surface area contributed by atoms with Crippen LogP contribution in [0, 0.1) is 0 Å². The second-order valence-corrected chi connectivity index (χ2v) is 6.10. The summed E-state index contributed by atoms with van der Waals surface area (Å²) in [6.07, 6.45) is -4.41. The van der Waals surface area contributed by atoms with Gasteiger partial charge in [-0.1, -0.05) is 6.07 Å². The molecule has 0 aliphatic carbocycles. The summed E-state index contributed by atoms with van der Waals surface area (Å²) in [7, 11) is 4.58. The molecule has 154 valence electrons. The van der Waals surface area contributed by atoms with Gasteiger partial charge in [0.15, 0.2) is 18.1 Å². The highest BCUT2D eigenvalue weighted by Crippen LogP contribution is 2.31. The van der Waals surface area contributed by atoms with Crippen LogP contribution in [-0.2, 0) is 6.54 Å². The predicted octanol–water partition coefficient (Wildman–Crippen LogP) is 4.50. The SMILES string of the molecule is COc1ccc(OC)c(C(C)NCc2ccc(OCC(F)(F)F)c(OC)c2)c1. The standard InChI is InChI=1S/C20H24F3NO4/c1-13(16-10-15(25-2)6-8-17(16)26-3)24-11-14-5-7-18(19(9-14)27-4)28-12-20(21,22)23/h5-10,13,24H,11-12H2,1-4H3. The zero-order valence-electron chi connectivity index (χ0n) is 16.2. The Labute approximate surface area is 162 Å². The highest BCUT2D eigenvalue weighted by atomic mass is 19.4. The summed E-state index contributed by atoms with van der Waals surface area (Å²) in [6.45, 7) is 1.08. The topological polar surface area (TPSA) is 49.0 Å². The minimum Gasteiger partial charge on any atom is -0.497 e. The number of alkyl halides is 3. The fourth-order valence-electron chi connectivity index (χ4n) is 2.66. The number of halogens is 3. The van der Waals surface area contributed by atoms with E-state index < -0.39 is 12.8 Å². The molecule has 0 saturated carbocycles. The fraction of sp³-hybridized carbons (Fsp3) is 0.400. The van der Waals surface area contributed by atoms with Crippen LogP contribution in [0.15, 0.2) is 36.4 Å². The van der Waals surface area contributed by atoms with Crippen molar-refractivity contribution in [2.75, 3.05) is 27.9 Å². The molecule has 1 unspecified atom stereocenters. The molecule has 0 fully saturated rings. The molecule has 0 bridgehead atoms. The first kappa shape index (κ1) is 21.7. The molecule has 0 spiro atoms. The lowest BCUT2D eigenvalue weighted by Crippen LogP contribution is -2.20. The Hall–Kier alpha value is -2.61. The van der Waals surface area contributed by atoms with Crippen LogP contribution in [0.3, 0.4) is 0 Å². The van der Waals surface area contributed by atoms with E-state index in [0.29, 0.717) is 6.54 Å². The predicted molar refractivity (Wildman–Crippen MR) is 99.3 cm³/mol. The van der Waals surface area contributed by atoms with Crippen LogP contribution in [0.4, 0.5) is 13.2 Å². The molecule has 0 aliphatic rings. The minimum absolute atomic E-state index is 0.0473. The molecule has 0 heterocycles. The van der Waals surface area contributed by atoms with Crippen LogP contribution in [-0.4, -0.2) is 34.1 Å². The number of benzene rings is 2. The summed E-state index contributed by atoms with van der Waals surface area (Å²) in [5.41, 5.74) is 1.77. The molecular weight excluding hydrogens is 375 g/mol. The second kappa shape index (κ2) is 9.54. The van der Waals surface area contributed by atoms with Gasteiger partial charge < -0.3 is 24.3 Å². The number of ether oxygens (including phenoxy) is 4. The summed E-state index contributed by atoms with van der Waals surface area (Å²) in [5.74, 6) is 1.74. The molecule has 5 nitrogen and oxygen atoms in total. The average Bonchev–Trinajstić information content (AvgIpc) is 2.69. The lowest BCUT2D eigenvalue weighted by Gasteiger charge is -2.19. The van der Waals surface area contributed by atoms with Gasteiger partial charge in [-0.15, -0.1) is 0 Å². The van der Waals surface area contributed by atoms with Crippen molar-refractivity contribution in [3.8, 4) is 23.0 Å². The molecule has 2 aromatic carbocycles. The summed E-state index contributed by atoms with van der Waals surface area (Å²) in [6, 6.07) is 10.3. The molecule has 0 aliphatic heterocycles. The highest BCUT2D eigenvalue weighted by Gasteiger charge is 2.29. The quantitative estimate of drug-likeness (QED) is 0.673. The fourth-order valence-corrected chi connectivity index (χ4v) is 2.66. The van der Waals surface area contributed by atoms with Crippen LogP contribution in [0.1, 0.15) is 24.1 Å². The Morgan fingerprint density at radius 1 is 0.893 bits per heavy atom. The van der Waals surface area contributed by atoms with Crippen molar-refractivity contribution < 1.29 is 32.1 Å². The summed E-state index contributed by atoms with van der Waals surface area (Å²) >= 11 is 0. The molecule has 2 rings (SSSR count). The zero-order valence-corrected chi connectivity index (χ0v) is 16.2.